The first kappa shape index (κ1) is 23.2. The first-order valence-electron chi connectivity index (χ1n) is 10.0. The van der Waals surface area contributed by atoms with E-state index in [4.69, 9.17) is 23.2 Å². The highest BCUT2D eigenvalue weighted by Crippen LogP contribution is 2.23. The van der Waals surface area contributed by atoms with Gasteiger partial charge in [-0.15, -0.1) is 0 Å². The fourth-order valence-electron chi connectivity index (χ4n) is 3.13. The van der Waals surface area contributed by atoms with Gasteiger partial charge in [-0.1, -0.05) is 79.9 Å². The largest absolute Gasteiger partial charge is 0.354 e. The Morgan fingerprint density at radius 1 is 1.00 bits per heavy atom. The number of benzene rings is 2. The van der Waals surface area contributed by atoms with Crippen molar-refractivity contribution in [1.29, 1.82) is 0 Å². The van der Waals surface area contributed by atoms with Gasteiger partial charge in [-0.3, -0.25) is 9.59 Å². The maximum Gasteiger partial charge on any atom is 0.242 e. The Kier molecular flexibility index (Phi) is 9.49. The third-order valence-electron chi connectivity index (χ3n) is 4.75. The van der Waals surface area contributed by atoms with Crippen molar-refractivity contribution in [3.8, 4) is 0 Å². The predicted molar refractivity (Wildman–Crippen MR) is 119 cm³/mol. The molecule has 0 saturated heterocycles. The molecule has 0 radical (unpaired) electrons. The molecule has 29 heavy (non-hydrogen) atoms. The highest BCUT2D eigenvalue weighted by Gasteiger charge is 2.28. The number of carbonyl (C=O) groups excluding carboxylic acids is 2. The van der Waals surface area contributed by atoms with Crippen LogP contribution in [0, 0.1) is 0 Å². The summed E-state index contributed by atoms with van der Waals surface area (Å²) in [5, 5.41) is 3.83. The van der Waals surface area contributed by atoms with Crippen LogP contribution >= 0.6 is 23.2 Å². The van der Waals surface area contributed by atoms with E-state index in [2.05, 4.69) is 12.2 Å². The molecule has 0 aromatic heterocycles. The normalized spacial score (nSPS) is 11.7. The van der Waals surface area contributed by atoms with Gasteiger partial charge in [0, 0.05) is 13.1 Å². The van der Waals surface area contributed by atoms with Gasteiger partial charge in [0.05, 0.1) is 16.5 Å². The molecule has 0 aliphatic heterocycles. The number of nitrogens with one attached hydrogen (secondary N) is 1. The third-order valence-corrected chi connectivity index (χ3v) is 5.49. The summed E-state index contributed by atoms with van der Waals surface area (Å²) >= 11 is 12.1. The number of unbranched alkanes of at least 4 members (excludes halogenated alkanes) is 1. The zero-order chi connectivity index (χ0) is 21.2. The molecule has 2 amide bonds. The lowest BCUT2D eigenvalue weighted by molar-refractivity contribution is -0.140. The van der Waals surface area contributed by atoms with Gasteiger partial charge in [0.25, 0.3) is 0 Å². The number of rotatable bonds is 10. The van der Waals surface area contributed by atoms with E-state index in [1.165, 1.54) is 0 Å². The molecular weight excluding hydrogens is 407 g/mol. The quantitative estimate of drug-likeness (QED) is 0.518. The van der Waals surface area contributed by atoms with Crippen LogP contribution in [0.4, 0.5) is 0 Å². The molecular formula is C23H28Cl2N2O2. The van der Waals surface area contributed by atoms with Gasteiger partial charge in [0.1, 0.15) is 6.04 Å². The van der Waals surface area contributed by atoms with Gasteiger partial charge in [-0.05, 0) is 36.1 Å². The van der Waals surface area contributed by atoms with E-state index >= 15 is 0 Å². The van der Waals surface area contributed by atoms with Gasteiger partial charge in [0.2, 0.25) is 11.8 Å². The summed E-state index contributed by atoms with van der Waals surface area (Å²) in [5.41, 5.74) is 1.75. The summed E-state index contributed by atoms with van der Waals surface area (Å²) in [4.78, 5) is 27.7. The molecule has 6 heteroatoms. The minimum absolute atomic E-state index is 0.112. The Morgan fingerprint density at radius 3 is 2.34 bits per heavy atom. The second-order valence-corrected chi connectivity index (χ2v) is 7.82. The second-order valence-electron chi connectivity index (χ2n) is 7.00. The Hall–Kier alpha value is -2.04. The van der Waals surface area contributed by atoms with Gasteiger partial charge in [0.15, 0.2) is 0 Å². The van der Waals surface area contributed by atoms with E-state index < -0.39 is 6.04 Å². The fraction of sp³-hybridized carbons (Fsp3) is 0.391. The summed E-state index contributed by atoms with van der Waals surface area (Å²) in [6, 6.07) is 14.4. The standard InChI is InChI=1S/C23H28Cl2N2O2/c1-3-5-13-26-23(29)21(4-2)27(16-17-9-7-6-8-10-17)22(28)15-18-11-12-19(24)20(25)14-18/h6-12,14,21H,3-5,13,15-16H2,1-2H3,(H,26,29)/t21-/m1/s1. The molecule has 0 heterocycles. The second kappa shape index (κ2) is 11.8. The zero-order valence-corrected chi connectivity index (χ0v) is 18.5. The molecule has 0 aliphatic rings. The van der Waals surface area contributed by atoms with Crippen LogP contribution in [0.25, 0.3) is 0 Å². The van der Waals surface area contributed by atoms with Crippen molar-refractivity contribution in [2.75, 3.05) is 6.54 Å². The van der Waals surface area contributed by atoms with Gasteiger partial charge in [-0.2, -0.15) is 0 Å². The smallest absolute Gasteiger partial charge is 0.242 e. The maximum atomic E-state index is 13.2. The molecule has 4 nitrogen and oxygen atoms in total. The van der Waals surface area contributed by atoms with Crippen LogP contribution < -0.4 is 5.32 Å². The number of carbonyl (C=O) groups is 2. The van der Waals surface area contributed by atoms with Crippen LogP contribution in [-0.4, -0.2) is 29.3 Å². The lowest BCUT2D eigenvalue weighted by Crippen LogP contribution is -2.49. The molecule has 2 rings (SSSR count). The maximum absolute atomic E-state index is 13.2. The fourth-order valence-corrected chi connectivity index (χ4v) is 3.45. The van der Waals surface area contributed by atoms with Crippen LogP contribution in [0.15, 0.2) is 48.5 Å². The summed E-state index contributed by atoms with van der Waals surface area (Å²) in [7, 11) is 0. The molecule has 1 atom stereocenters. The van der Waals surface area contributed by atoms with Crippen molar-refractivity contribution in [3.63, 3.8) is 0 Å². The van der Waals surface area contributed by atoms with Gasteiger partial charge < -0.3 is 10.2 Å². The van der Waals surface area contributed by atoms with E-state index in [1.807, 2.05) is 37.3 Å². The van der Waals surface area contributed by atoms with Crippen LogP contribution in [0.5, 0.6) is 0 Å². The van der Waals surface area contributed by atoms with Crippen molar-refractivity contribution in [1.82, 2.24) is 10.2 Å². The summed E-state index contributed by atoms with van der Waals surface area (Å²) < 4.78 is 0. The van der Waals surface area contributed by atoms with E-state index in [0.29, 0.717) is 29.6 Å². The molecule has 2 aromatic rings. The Labute approximate surface area is 183 Å². The molecule has 0 unspecified atom stereocenters. The SMILES string of the molecule is CCCCNC(=O)[C@@H](CC)N(Cc1ccccc1)C(=O)Cc1ccc(Cl)c(Cl)c1. The first-order valence-corrected chi connectivity index (χ1v) is 10.8. The van der Waals surface area contributed by atoms with Gasteiger partial charge in [-0.25, -0.2) is 0 Å². The van der Waals surface area contributed by atoms with Crippen molar-refractivity contribution in [2.24, 2.45) is 0 Å². The highest BCUT2D eigenvalue weighted by molar-refractivity contribution is 6.42. The number of hydrogen-bond acceptors (Lipinski definition) is 2. The summed E-state index contributed by atoms with van der Waals surface area (Å²) in [6.45, 7) is 4.99. The minimum Gasteiger partial charge on any atom is -0.354 e. The minimum atomic E-state index is -0.526. The lowest BCUT2D eigenvalue weighted by atomic mass is 10.1. The average molecular weight is 435 g/mol. The molecule has 0 fully saturated rings. The predicted octanol–water partition coefficient (Wildman–Crippen LogP) is 5.26. The lowest BCUT2D eigenvalue weighted by Gasteiger charge is -2.31. The van der Waals surface area contributed by atoms with E-state index in [0.717, 1.165) is 24.0 Å². The molecule has 0 saturated carbocycles. The van der Waals surface area contributed by atoms with Crippen LogP contribution in [0.1, 0.15) is 44.2 Å². The van der Waals surface area contributed by atoms with E-state index in [9.17, 15) is 9.59 Å². The molecule has 0 bridgehead atoms. The monoisotopic (exact) mass is 434 g/mol. The van der Waals surface area contributed by atoms with Crippen LogP contribution in [-0.2, 0) is 22.6 Å². The molecule has 2 aromatic carbocycles. The van der Waals surface area contributed by atoms with Crippen LogP contribution in [0.2, 0.25) is 10.0 Å². The van der Waals surface area contributed by atoms with E-state index in [1.54, 1.807) is 23.1 Å². The summed E-state index contributed by atoms with van der Waals surface area (Å²) in [6.07, 6.45) is 2.61. The van der Waals surface area contributed by atoms with Crippen molar-refractivity contribution < 1.29 is 9.59 Å². The van der Waals surface area contributed by atoms with Crippen molar-refractivity contribution in [3.05, 3.63) is 69.7 Å². The van der Waals surface area contributed by atoms with Crippen molar-refractivity contribution in [2.45, 2.75) is 52.1 Å². The first-order chi connectivity index (χ1) is 14.0. The molecule has 0 spiro atoms. The molecule has 0 aliphatic carbocycles. The Bertz CT molecular complexity index is 812. The zero-order valence-electron chi connectivity index (χ0n) is 17.0. The average Bonchev–Trinajstić information content (AvgIpc) is 2.71. The van der Waals surface area contributed by atoms with E-state index in [-0.39, 0.29) is 18.2 Å². The third kappa shape index (κ3) is 7.06. The Balaban J connectivity index is 2.23. The highest BCUT2D eigenvalue weighted by atomic mass is 35.5. The van der Waals surface area contributed by atoms with Crippen LogP contribution in [0.3, 0.4) is 0 Å². The molecule has 1 N–H and O–H groups in total. The van der Waals surface area contributed by atoms with Gasteiger partial charge >= 0.3 is 0 Å². The number of halogens is 2. The number of amides is 2. The number of hydrogen-bond donors (Lipinski definition) is 1. The topological polar surface area (TPSA) is 49.4 Å². The summed E-state index contributed by atoms with van der Waals surface area (Å²) in [5.74, 6) is -0.232. The molecule has 156 valence electrons. The Morgan fingerprint density at radius 2 is 1.72 bits per heavy atom. The number of nitrogens with zero attached hydrogens (tertiary/aromatic N) is 1. The van der Waals surface area contributed by atoms with Crippen molar-refractivity contribution >= 4 is 35.0 Å².